The van der Waals surface area contributed by atoms with Crippen LogP contribution in [0.5, 0.6) is 6.08 Å². The standard InChI is InChI=1S/C9H7F2NO2/c10-8(11)5-13-9-12-6-3-1-2-4-7(6)14-9/h1-4,8H,5H2. The van der Waals surface area contributed by atoms with Gasteiger partial charge in [0.05, 0.1) is 0 Å². The van der Waals surface area contributed by atoms with E-state index in [0.29, 0.717) is 11.1 Å². The normalized spacial score (nSPS) is 11.1. The summed E-state index contributed by atoms with van der Waals surface area (Å²) in [6, 6.07) is 6.96. The van der Waals surface area contributed by atoms with Crippen LogP contribution in [-0.2, 0) is 0 Å². The second-order valence-electron chi connectivity index (χ2n) is 2.65. The van der Waals surface area contributed by atoms with Crippen molar-refractivity contribution in [1.29, 1.82) is 0 Å². The molecule has 2 rings (SSSR count). The highest BCUT2D eigenvalue weighted by Crippen LogP contribution is 2.19. The lowest BCUT2D eigenvalue weighted by atomic mass is 10.3. The molecule has 0 fully saturated rings. The maximum atomic E-state index is 11.8. The molecule has 2 aromatic rings. The van der Waals surface area contributed by atoms with E-state index in [1.165, 1.54) is 0 Å². The Bertz CT molecular complexity index is 394. The van der Waals surface area contributed by atoms with Crippen LogP contribution in [0.3, 0.4) is 0 Å². The summed E-state index contributed by atoms with van der Waals surface area (Å²) in [5, 5.41) is 0. The molecular weight excluding hydrogens is 192 g/mol. The first-order valence-electron chi connectivity index (χ1n) is 4.02. The fourth-order valence-electron chi connectivity index (χ4n) is 1.05. The lowest BCUT2D eigenvalue weighted by Gasteiger charge is -1.97. The van der Waals surface area contributed by atoms with E-state index >= 15 is 0 Å². The van der Waals surface area contributed by atoms with Crippen LogP contribution in [0.4, 0.5) is 8.78 Å². The number of hydrogen-bond acceptors (Lipinski definition) is 3. The first-order valence-corrected chi connectivity index (χ1v) is 4.02. The van der Waals surface area contributed by atoms with E-state index in [0.717, 1.165) is 0 Å². The fourth-order valence-corrected chi connectivity index (χ4v) is 1.05. The lowest BCUT2D eigenvalue weighted by molar-refractivity contribution is 0.0669. The number of oxazole rings is 1. The van der Waals surface area contributed by atoms with Crippen LogP contribution in [0.2, 0.25) is 0 Å². The van der Waals surface area contributed by atoms with Crippen molar-refractivity contribution < 1.29 is 17.9 Å². The highest BCUT2D eigenvalue weighted by molar-refractivity contribution is 5.72. The van der Waals surface area contributed by atoms with Gasteiger partial charge in [-0.3, -0.25) is 0 Å². The minimum Gasteiger partial charge on any atom is -0.444 e. The zero-order valence-electron chi connectivity index (χ0n) is 7.11. The van der Waals surface area contributed by atoms with Crippen molar-refractivity contribution >= 4 is 11.1 Å². The third-order valence-electron chi connectivity index (χ3n) is 1.61. The maximum Gasteiger partial charge on any atom is 0.394 e. The summed E-state index contributed by atoms with van der Waals surface area (Å²) in [6.07, 6.45) is -2.64. The van der Waals surface area contributed by atoms with Crippen molar-refractivity contribution in [3.63, 3.8) is 0 Å². The van der Waals surface area contributed by atoms with Crippen LogP contribution >= 0.6 is 0 Å². The third kappa shape index (κ3) is 1.81. The van der Waals surface area contributed by atoms with Crippen LogP contribution in [-0.4, -0.2) is 18.0 Å². The molecule has 0 aliphatic carbocycles. The Kier molecular flexibility index (Phi) is 2.30. The molecule has 0 radical (unpaired) electrons. The molecule has 14 heavy (non-hydrogen) atoms. The van der Waals surface area contributed by atoms with Crippen molar-refractivity contribution in [2.45, 2.75) is 6.43 Å². The molecule has 0 unspecified atom stereocenters. The highest BCUT2D eigenvalue weighted by atomic mass is 19.3. The highest BCUT2D eigenvalue weighted by Gasteiger charge is 2.09. The molecule has 74 valence electrons. The molecule has 5 heteroatoms. The number of rotatable bonds is 3. The predicted octanol–water partition coefficient (Wildman–Crippen LogP) is 2.47. The molecule has 0 N–H and O–H groups in total. The van der Waals surface area contributed by atoms with Crippen LogP contribution < -0.4 is 4.74 Å². The maximum absolute atomic E-state index is 11.8. The minimum atomic E-state index is -2.52. The molecule has 0 saturated heterocycles. The summed E-state index contributed by atoms with van der Waals surface area (Å²) < 4.78 is 33.2. The van der Waals surface area contributed by atoms with Crippen LogP contribution in [0, 0.1) is 0 Å². The summed E-state index contributed by atoms with van der Waals surface area (Å²) >= 11 is 0. The Hall–Kier alpha value is -1.65. The van der Waals surface area contributed by atoms with Crippen LogP contribution in [0.1, 0.15) is 0 Å². The van der Waals surface area contributed by atoms with Gasteiger partial charge in [-0.1, -0.05) is 12.1 Å². The van der Waals surface area contributed by atoms with E-state index in [4.69, 9.17) is 4.42 Å². The van der Waals surface area contributed by atoms with Crippen molar-refractivity contribution in [2.24, 2.45) is 0 Å². The molecule has 1 aromatic heterocycles. The second-order valence-corrected chi connectivity index (χ2v) is 2.65. The molecule has 0 atom stereocenters. The van der Waals surface area contributed by atoms with Crippen LogP contribution in [0.15, 0.2) is 28.7 Å². The Morgan fingerprint density at radius 2 is 2.14 bits per heavy atom. The van der Waals surface area contributed by atoms with E-state index in [2.05, 4.69) is 9.72 Å². The molecule has 1 aromatic carbocycles. The Balaban J connectivity index is 2.19. The molecular formula is C9H7F2NO2. The smallest absolute Gasteiger partial charge is 0.394 e. The predicted molar refractivity (Wildman–Crippen MR) is 45.5 cm³/mol. The fraction of sp³-hybridized carbons (Fsp3) is 0.222. The van der Waals surface area contributed by atoms with Gasteiger partial charge in [-0.2, -0.15) is 4.98 Å². The van der Waals surface area contributed by atoms with Gasteiger partial charge in [0.15, 0.2) is 12.2 Å². The number of para-hydroxylation sites is 2. The number of fused-ring (bicyclic) bond motifs is 1. The van der Waals surface area contributed by atoms with Gasteiger partial charge in [0, 0.05) is 0 Å². The summed E-state index contributed by atoms with van der Waals surface area (Å²) in [5.74, 6) is 0. The molecule has 0 aliphatic rings. The number of benzene rings is 1. The Morgan fingerprint density at radius 3 is 2.86 bits per heavy atom. The van der Waals surface area contributed by atoms with E-state index < -0.39 is 13.0 Å². The van der Waals surface area contributed by atoms with Gasteiger partial charge in [0.2, 0.25) is 0 Å². The molecule has 0 aliphatic heterocycles. The average Bonchev–Trinajstić information content (AvgIpc) is 2.57. The van der Waals surface area contributed by atoms with E-state index in [-0.39, 0.29) is 6.08 Å². The molecule has 0 bridgehead atoms. The van der Waals surface area contributed by atoms with Crippen molar-refractivity contribution in [3.8, 4) is 6.08 Å². The summed E-state index contributed by atoms with van der Waals surface area (Å²) in [4.78, 5) is 3.86. The third-order valence-corrected chi connectivity index (χ3v) is 1.61. The van der Waals surface area contributed by atoms with Gasteiger partial charge in [-0.05, 0) is 12.1 Å². The van der Waals surface area contributed by atoms with Gasteiger partial charge in [-0.25, -0.2) is 8.78 Å². The van der Waals surface area contributed by atoms with E-state index in [1.54, 1.807) is 24.3 Å². The number of alkyl halides is 2. The Labute approximate surface area is 78.3 Å². The topological polar surface area (TPSA) is 35.3 Å². The zero-order valence-corrected chi connectivity index (χ0v) is 7.11. The summed E-state index contributed by atoms with van der Waals surface area (Å²) in [7, 11) is 0. The lowest BCUT2D eigenvalue weighted by Crippen LogP contribution is -2.06. The molecule has 1 heterocycles. The number of halogens is 2. The minimum absolute atomic E-state index is 0.119. The average molecular weight is 199 g/mol. The van der Waals surface area contributed by atoms with Crippen molar-refractivity contribution in [1.82, 2.24) is 4.98 Å². The summed E-state index contributed by atoms with van der Waals surface area (Å²) in [5.41, 5.74) is 1.12. The largest absolute Gasteiger partial charge is 0.444 e. The zero-order chi connectivity index (χ0) is 9.97. The quantitative estimate of drug-likeness (QED) is 0.761. The van der Waals surface area contributed by atoms with Crippen LogP contribution in [0.25, 0.3) is 11.1 Å². The SMILES string of the molecule is FC(F)COc1nc2ccccc2o1. The summed E-state index contributed by atoms with van der Waals surface area (Å²) in [6.45, 7) is -0.702. The van der Waals surface area contributed by atoms with Crippen molar-refractivity contribution in [2.75, 3.05) is 6.61 Å². The number of aromatic nitrogens is 1. The van der Waals surface area contributed by atoms with Gasteiger partial charge in [0.1, 0.15) is 5.52 Å². The molecule has 0 saturated carbocycles. The first-order chi connectivity index (χ1) is 6.75. The van der Waals surface area contributed by atoms with Gasteiger partial charge >= 0.3 is 6.08 Å². The molecule has 3 nitrogen and oxygen atoms in total. The van der Waals surface area contributed by atoms with Crippen molar-refractivity contribution in [3.05, 3.63) is 24.3 Å². The number of ether oxygens (including phenoxy) is 1. The van der Waals surface area contributed by atoms with E-state index in [9.17, 15) is 8.78 Å². The number of hydrogen-bond donors (Lipinski definition) is 0. The Morgan fingerprint density at radius 1 is 1.36 bits per heavy atom. The molecule has 0 amide bonds. The number of nitrogens with zero attached hydrogens (tertiary/aromatic N) is 1. The van der Waals surface area contributed by atoms with Gasteiger partial charge in [0.25, 0.3) is 6.43 Å². The first kappa shape index (κ1) is 8.93. The van der Waals surface area contributed by atoms with Gasteiger partial charge in [-0.15, -0.1) is 0 Å². The second kappa shape index (κ2) is 3.61. The monoisotopic (exact) mass is 199 g/mol. The molecule has 0 spiro atoms. The van der Waals surface area contributed by atoms with Gasteiger partial charge < -0.3 is 9.15 Å². The van der Waals surface area contributed by atoms with E-state index in [1.807, 2.05) is 0 Å².